The average molecular weight is 349 g/mol. The molecule has 9 heteroatoms. The molecule has 0 aliphatic heterocycles. The second-order valence-corrected chi connectivity index (χ2v) is 6.43. The van der Waals surface area contributed by atoms with Crippen molar-refractivity contribution in [3.05, 3.63) is 53.3 Å². The van der Waals surface area contributed by atoms with Gasteiger partial charge in [0.05, 0.1) is 16.1 Å². The molecule has 0 radical (unpaired) electrons. The van der Waals surface area contributed by atoms with E-state index >= 15 is 0 Å². The lowest BCUT2D eigenvalue weighted by Gasteiger charge is -2.12. The predicted molar refractivity (Wildman–Crippen MR) is 75.1 cm³/mol. The van der Waals surface area contributed by atoms with Crippen LogP contribution in [0.1, 0.15) is 11.1 Å². The van der Waals surface area contributed by atoms with Crippen LogP contribution in [0, 0.1) is 12.7 Å². The minimum atomic E-state index is -5.02. The molecule has 2 aromatic carbocycles. The Morgan fingerprint density at radius 3 is 2.30 bits per heavy atom. The molecule has 0 spiro atoms. The zero-order valence-corrected chi connectivity index (χ0v) is 12.5. The summed E-state index contributed by atoms with van der Waals surface area (Å²) in [5, 5.41) is 9.52. The molecule has 0 aliphatic carbocycles. The van der Waals surface area contributed by atoms with Crippen molar-refractivity contribution in [2.24, 2.45) is 0 Å². The van der Waals surface area contributed by atoms with Crippen LogP contribution in [0.5, 0.6) is 5.75 Å². The minimum Gasteiger partial charge on any atom is -0.508 e. The highest BCUT2D eigenvalue weighted by Gasteiger charge is 2.35. The molecule has 23 heavy (non-hydrogen) atoms. The second kappa shape index (κ2) is 5.73. The third-order valence-electron chi connectivity index (χ3n) is 3.01. The molecule has 0 aliphatic rings. The number of alkyl halides is 3. The number of benzene rings is 2. The monoisotopic (exact) mass is 349 g/mol. The summed E-state index contributed by atoms with van der Waals surface area (Å²) in [6.07, 6.45) is -5.02. The van der Waals surface area contributed by atoms with Crippen LogP contribution >= 0.6 is 0 Å². The third kappa shape index (κ3) is 3.73. The predicted octanol–water partition coefficient (Wildman–Crippen LogP) is 3.66. The summed E-state index contributed by atoms with van der Waals surface area (Å²) < 4.78 is 77.4. The first-order valence-corrected chi connectivity index (χ1v) is 7.68. The number of aromatic hydroxyl groups is 1. The third-order valence-corrected chi connectivity index (χ3v) is 4.39. The highest BCUT2D eigenvalue weighted by molar-refractivity contribution is 7.92. The van der Waals surface area contributed by atoms with E-state index in [9.17, 15) is 31.1 Å². The molecule has 0 atom stereocenters. The van der Waals surface area contributed by atoms with Crippen LogP contribution in [0.3, 0.4) is 0 Å². The molecule has 2 rings (SSSR count). The number of halogens is 4. The van der Waals surface area contributed by atoms with Crippen molar-refractivity contribution in [3.8, 4) is 5.75 Å². The van der Waals surface area contributed by atoms with Crippen LogP contribution in [0.2, 0.25) is 0 Å². The lowest BCUT2D eigenvalue weighted by Crippen LogP contribution is -2.15. The van der Waals surface area contributed by atoms with Gasteiger partial charge in [-0.2, -0.15) is 13.2 Å². The average Bonchev–Trinajstić information content (AvgIpc) is 2.41. The summed E-state index contributed by atoms with van der Waals surface area (Å²) in [6, 6.07) is 5.25. The topological polar surface area (TPSA) is 66.4 Å². The van der Waals surface area contributed by atoms with Gasteiger partial charge >= 0.3 is 6.18 Å². The van der Waals surface area contributed by atoms with E-state index in [0.717, 1.165) is 12.1 Å². The van der Waals surface area contributed by atoms with E-state index in [1.807, 2.05) is 4.72 Å². The number of aryl methyl sites for hydroxylation is 1. The molecule has 0 saturated heterocycles. The first-order valence-electron chi connectivity index (χ1n) is 6.20. The fourth-order valence-electron chi connectivity index (χ4n) is 1.78. The number of sulfonamides is 1. The van der Waals surface area contributed by atoms with Crippen LogP contribution in [-0.2, 0) is 16.2 Å². The van der Waals surface area contributed by atoms with Gasteiger partial charge in [-0.25, -0.2) is 12.8 Å². The fraction of sp³-hybridized carbons (Fsp3) is 0.143. The van der Waals surface area contributed by atoms with Crippen molar-refractivity contribution in [2.45, 2.75) is 18.0 Å². The van der Waals surface area contributed by atoms with Gasteiger partial charge in [0.25, 0.3) is 10.0 Å². The second-order valence-electron chi connectivity index (χ2n) is 4.75. The minimum absolute atomic E-state index is 0.0361. The number of hydrogen-bond donors (Lipinski definition) is 2. The molecule has 0 bridgehead atoms. The standard InChI is InChI=1S/C14H11F4NO3S/c1-8-2-3-9(6-13(8)20)19-23(21,22)10-4-5-12(15)11(7-10)14(16,17)18/h2-7,19-20H,1H3. The summed E-state index contributed by atoms with van der Waals surface area (Å²) in [6.45, 7) is 1.59. The fourth-order valence-corrected chi connectivity index (χ4v) is 2.85. The number of nitrogens with one attached hydrogen (secondary N) is 1. The van der Waals surface area contributed by atoms with Crippen LogP contribution < -0.4 is 4.72 Å². The van der Waals surface area contributed by atoms with Crippen molar-refractivity contribution in [2.75, 3.05) is 4.72 Å². The van der Waals surface area contributed by atoms with Gasteiger partial charge in [0.2, 0.25) is 0 Å². The zero-order chi connectivity index (χ0) is 17.4. The van der Waals surface area contributed by atoms with Crippen molar-refractivity contribution in [1.82, 2.24) is 0 Å². The van der Waals surface area contributed by atoms with E-state index < -0.39 is 32.5 Å². The number of phenolic OH excluding ortho intramolecular Hbond substituents is 1. The summed E-state index contributed by atoms with van der Waals surface area (Å²) in [7, 11) is -4.37. The Kier molecular flexibility index (Phi) is 4.25. The van der Waals surface area contributed by atoms with E-state index in [1.54, 1.807) is 6.92 Å². The lowest BCUT2D eigenvalue weighted by molar-refractivity contribution is -0.140. The van der Waals surface area contributed by atoms with Crippen LogP contribution in [0.25, 0.3) is 0 Å². The number of anilines is 1. The van der Waals surface area contributed by atoms with Gasteiger partial charge in [-0.15, -0.1) is 0 Å². The molecule has 2 aromatic rings. The molecular formula is C14H11F4NO3S. The van der Waals surface area contributed by atoms with E-state index in [4.69, 9.17) is 0 Å². The summed E-state index contributed by atoms with van der Waals surface area (Å²) in [5.41, 5.74) is -1.22. The Labute approximate surface area is 129 Å². The van der Waals surface area contributed by atoms with E-state index in [1.165, 1.54) is 12.1 Å². The molecule has 0 amide bonds. The quantitative estimate of drug-likeness (QED) is 0.831. The maximum absolute atomic E-state index is 13.2. The molecule has 0 unspecified atom stereocenters. The first-order chi connectivity index (χ1) is 10.5. The molecule has 0 heterocycles. The Bertz CT molecular complexity index is 848. The molecular weight excluding hydrogens is 338 g/mol. The smallest absolute Gasteiger partial charge is 0.419 e. The largest absolute Gasteiger partial charge is 0.508 e. The van der Waals surface area contributed by atoms with E-state index in [0.29, 0.717) is 11.6 Å². The van der Waals surface area contributed by atoms with E-state index in [-0.39, 0.29) is 17.5 Å². The zero-order valence-electron chi connectivity index (χ0n) is 11.6. The van der Waals surface area contributed by atoms with Crippen molar-refractivity contribution in [1.29, 1.82) is 0 Å². The van der Waals surface area contributed by atoms with Gasteiger partial charge in [0.15, 0.2) is 0 Å². The highest BCUT2D eigenvalue weighted by atomic mass is 32.2. The normalized spacial score (nSPS) is 12.2. The molecule has 4 nitrogen and oxygen atoms in total. The van der Waals surface area contributed by atoms with Gasteiger partial charge in [0, 0.05) is 6.07 Å². The van der Waals surface area contributed by atoms with Gasteiger partial charge in [-0.3, -0.25) is 4.72 Å². The Morgan fingerprint density at radius 1 is 1.09 bits per heavy atom. The van der Waals surface area contributed by atoms with E-state index in [2.05, 4.69) is 0 Å². The Hall–Kier alpha value is -2.29. The van der Waals surface area contributed by atoms with Crippen molar-refractivity contribution >= 4 is 15.7 Å². The van der Waals surface area contributed by atoms with Gasteiger partial charge in [0.1, 0.15) is 11.6 Å². The summed E-state index contributed by atoms with van der Waals surface area (Å²) in [5.74, 6) is -1.75. The van der Waals surface area contributed by atoms with Gasteiger partial charge in [-0.05, 0) is 36.8 Å². The van der Waals surface area contributed by atoms with Crippen LogP contribution in [-0.4, -0.2) is 13.5 Å². The Balaban J connectivity index is 2.42. The molecule has 0 fully saturated rings. The molecule has 0 aromatic heterocycles. The Morgan fingerprint density at radius 2 is 1.74 bits per heavy atom. The lowest BCUT2D eigenvalue weighted by atomic mass is 10.2. The van der Waals surface area contributed by atoms with Crippen LogP contribution in [0.15, 0.2) is 41.3 Å². The maximum Gasteiger partial charge on any atom is 0.419 e. The number of rotatable bonds is 3. The molecule has 124 valence electrons. The van der Waals surface area contributed by atoms with Crippen LogP contribution in [0.4, 0.5) is 23.2 Å². The SMILES string of the molecule is Cc1ccc(NS(=O)(=O)c2ccc(F)c(C(F)(F)F)c2)cc1O. The molecule has 2 N–H and O–H groups in total. The van der Waals surface area contributed by atoms with Crippen molar-refractivity contribution < 1.29 is 31.1 Å². The number of phenols is 1. The number of hydrogen-bond acceptors (Lipinski definition) is 3. The molecule has 0 saturated carbocycles. The maximum atomic E-state index is 13.2. The first kappa shape index (κ1) is 17.1. The van der Waals surface area contributed by atoms with Gasteiger partial charge in [-0.1, -0.05) is 6.07 Å². The summed E-state index contributed by atoms with van der Waals surface area (Å²) >= 11 is 0. The highest BCUT2D eigenvalue weighted by Crippen LogP contribution is 2.33. The summed E-state index contributed by atoms with van der Waals surface area (Å²) in [4.78, 5) is -0.744. The van der Waals surface area contributed by atoms with Gasteiger partial charge < -0.3 is 5.11 Å². The van der Waals surface area contributed by atoms with Crippen molar-refractivity contribution in [3.63, 3.8) is 0 Å².